The Labute approximate surface area is 171 Å². The number of hydrogen-bond donors (Lipinski definition) is 1. The summed E-state index contributed by atoms with van der Waals surface area (Å²) in [7, 11) is -2.52. The number of aliphatic carboxylic acids is 1. The summed E-state index contributed by atoms with van der Waals surface area (Å²) in [5.41, 5.74) is 0. The normalized spacial score (nSPS) is 13.4. The van der Waals surface area contributed by atoms with Gasteiger partial charge in [-0.1, -0.05) is 104 Å². The van der Waals surface area contributed by atoms with Crippen LogP contribution in [0.5, 0.6) is 0 Å². The Morgan fingerprint density at radius 2 is 1.50 bits per heavy atom. The van der Waals surface area contributed by atoms with E-state index in [2.05, 4.69) is 91.9 Å². The van der Waals surface area contributed by atoms with Crippen molar-refractivity contribution < 1.29 is 14.3 Å². The average molecular weight is 482 g/mol. The maximum absolute atomic E-state index is 10.9. The number of carbonyl (C=O) groups is 1. The maximum atomic E-state index is 10.9. The Hall–Kier alpha value is -1.18. The standard InChI is InChI=1S/C21H27IO3Si/c1-21(2,3)26(18-10-6-4-7-11-18,19-12-8-5-9-13-19)25-16-17(22)14-15-20(23)24/h4-13,17H,14-16H2,1-3H3,(H,23,24)/t17-/m0/s1. The highest BCUT2D eigenvalue weighted by Gasteiger charge is 2.50. The van der Waals surface area contributed by atoms with Crippen molar-refractivity contribution in [3.63, 3.8) is 0 Å². The molecule has 2 aromatic rings. The van der Waals surface area contributed by atoms with E-state index in [4.69, 9.17) is 9.53 Å². The van der Waals surface area contributed by atoms with E-state index in [-0.39, 0.29) is 15.4 Å². The third kappa shape index (κ3) is 4.95. The van der Waals surface area contributed by atoms with E-state index < -0.39 is 14.3 Å². The van der Waals surface area contributed by atoms with Gasteiger partial charge in [-0.15, -0.1) is 0 Å². The van der Waals surface area contributed by atoms with Gasteiger partial charge in [-0.3, -0.25) is 4.79 Å². The minimum absolute atomic E-state index is 0.0567. The van der Waals surface area contributed by atoms with Gasteiger partial charge in [0.25, 0.3) is 8.32 Å². The lowest BCUT2D eigenvalue weighted by Crippen LogP contribution is -2.67. The van der Waals surface area contributed by atoms with Gasteiger partial charge in [0.1, 0.15) is 0 Å². The van der Waals surface area contributed by atoms with Crippen LogP contribution >= 0.6 is 22.6 Å². The van der Waals surface area contributed by atoms with Gasteiger partial charge in [-0.2, -0.15) is 0 Å². The van der Waals surface area contributed by atoms with Gasteiger partial charge in [-0.25, -0.2) is 0 Å². The lowest BCUT2D eigenvalue weighted by atomic mass is 10.2. The summed E-state index contributed by atoms with van der Waals surface area (Å²) in [6.45, 7) is 7.30. The molecule has 0 spiro atoms. The molecule has 2 rings (SSSR count). The Morgan fingerprint density at radius 1 is 1.04 bits per heavy atom. The molecule has 5 heteroatoms. The fraction of sp³-hybridized carbons (Fsp3) is 0.381. The second-order valence-electron chi connectivity index (χ2n) is 7.50. The van der Waals surface area contributed by atoms with Gasteiger partial charge in [0.2, 0.25) is 0 Å². The van der Waals surface area contributed by atoms with Crippen LogP contribution in [0.4, 0.5) is 0 Å². The monoisotopic (exact) mass is 482 g/mol. The molecule has 0 unspecified atom stereocenters. The molecule has 0 saturated carbocycles. The molecule has 0 radical (unpaired) electrons. The van der Waals surface area contributed by atoms with Crippen LogP contribution in [0.15, 0.2) is 60.7 Å². The summed E-state index contributed by atoms with van der Waals surface area (Å²) >= 11 is 2.32. The lowest BCUT2D eigenvalue weighted by Gasteiger charge is -2.43. The van der Waals surface area contributed by atoms with Crippen LogP contribution in [0.25, 0.3) is 0 Å². The van der Waals surface area contributed by atoms with Gasteiger partial charge >= 0.3 is 5.97 Å². The van der Waals surface area contributed by atoms with Crippen LogP contribution in [0.3, 0.4) is 0 Å². The van der Waals surface area contributed by atoms with E-state index in [0.717, 1.165) is 0 Å². The van der Waals surface area contributed by atoms with Gasteiger partial charge in [0.05, 0.1) is 0 Å². The van der Waals surface area contributed by atoms with Crippen LogP contribution in [-0.2, 0) is 9.22 Å². The zero-order valence-corrected chi connectivity index (χ0v) is 18.8. The third-order valence-electron chi connectivity index (χ3n) is 4.57. The van der Waals surface area contributed by atoms with Gasteiger partial charge < -0.3 is 9.53 Å². The van der Waals surface area contributed by atoms with Gasteiger partial charge in [0, 0.05) is 17.0 Å². The number of alkyl halides is 1. The third-order valence-corrected chi connectivity index (χ3v) is 10.6. The highest BCUT2D eigenvalue weighted by molar-refractivity contribution is 14.1. The fourth-order valence-electron chi connectivity index (χ4n) is 3.34. The number of carboxylic acids is 1. The number of rotatable bonds is 8. The Morgan fingerprint density at radius 3 is 1.88 bits per heavy atom. The summed E-state index contributed by atoms with van der Waals surface area (Å²) in [6.07, 6.45) is 0.797. The van der Waals surface area contributed by atoms with E-state index in [9.17, 15) is 4.79 Å². The van der Waals surface area contributed by atoms with Crippen molar-refractivity contribution in [2.45, 2.75) is 42.6 Å². The molecule has 2 aromatic carbocycles. The molecular formula is C21H27IO3Si. The Kier molecular flexibility index (Phi) is 7.43. The van der Waals surface area contributed by atoms with Crippen LogP contribution < -0.4 is 10.4 Å². The van der Waals surface area contributed by atoms with Crippen molar-refractivity contribution >= 4 is 47.3 Å². The molecular weight excluding hydrogens is 455 g/mol. The molecule has 0 aliphatic rings. The molecule has 0 fully saturated rings. The molecule has 1 N–H and O–H groups in total. The van der Waals surface area contributed by atoms with Gasteiger partial charge in [-0.05, 0) is 21.8 Å². The first-order valence-electron chi connectivity index (χ1n) is 8.88. The second kappa shape index (κ2) is 9.15. The summed E-state index contributed by atoms with van der Waals surface area (Å²) in [5.74, 6) is -0.753. The first kappa shape index (κ1) is 21.1. The predicted octanol–water partition coefficient (Wildman–Crippen LogP) is 4.23. The Balaban J connectivity index is 2.42. The van der Waals surface area contributed by atoms with Crippen molar-refractivity contribution in [3.05, 3.63) is 60.7 Å². The number of hydrogen-bond acceptors (Lipinski definition) is 2. The van der Waals surface area contributed by atoms with Crippen LogP contribution in [0.2, 0.25) is 5.04 Å². The number of benzene rings is 2. The van der Waals surface area contributed by atoms with Crippen molar-refractivity contribution in [2.75, 3.05) is 6.61 Å². The van der Waals surface area contributed by atoms with Crippen LogP contribution in [0.1, 0.15) is 33.6 Å². The van der Waals surface area contributed by atoms with Crippen LogP contribution in [0, 0.1) is 0 Å². The minimum atomic E-state index is -2.52. The summed E-state index contributed by atoms with van der Waals surface area (Å²) in [5, 5.41) is 11.4. The second-order valence-corrected chi connectivity index (χ2v) is 13.6. The van der Waals surface area contributed by atoms with E-state index in [1.807, 2.05) is 12.1 Å². The highest BCUT2D eigenvalue weighted by atomic mass is 127. The van der Waals surface area contributed by atoms with E-state index in [0.29, 0.717) is 13.0 Å². The molecule has 0 amide bonds. The predicted molar refractivity (Wildman–Crippen MR) is 118 cm³/mol. The zero-order chi connectivity index (χ0) is 19.2. The highest BCUT2D eigenvalue weighted by Crippen LogP contribution is 2.37. The smallest absolute Gasteiger partial charge is 0.303 e. The maximum Gasteiger partial charge on any atom is 0.303 e. The average Bonchev–Trinajstić information content (AvgIpc) is 2.61. The van der Waals surface area contributed by atoms with E-state index >= 15 is 0 Å². The van der Waals surface area contributed by atoms with Crippen molar-refractivity contribution in [3.8, 4) is 0 Å². The fourth-order valence-corrected chi connectivity index (χ4v) is 8.78. The molecule has 0 saturated heterocycles. The molecule has 26 heavy (non-hydrogen) atoms. The van der Waals surface area contributed by atoms with Crippen molar-refractivity contribution in [1.29, 1.82) is 0 Å². The lowest BCUT2D eigenvalue weighted by molar-refractivity contribution is -0.137. The molecule has 0 bridgehead atoms. The Bertz CT molecular complexity index is 659. The molecule has 3 nitrogen and oxygen atoms in total. The topological polar surface area (TPSA) is 46.5 Å². The molecule has 0 aliphatic heterocycles. The van der Waals surface area contributed by atoms with Crippen LogP contribution in [-0.4, -0.2) is 29.9 Å². The van der Waals surface area contributed by atoms with Crippen molar-refractivity contribution in [1.82, 2.24) is 0 Å². The van der Waals surface area contributed by atoms with E-state index in [1.165, 1.54) is 10.4 Å². The summed E-state index contributed by atoms with van der Waals surface area (Å²) in [4.78, 5) is 10.9. The van der Waals surface area contributed by atoms with Crippen molar-refractivity contribution in [2.24, 2.45) is 0 Å². The minimum Gasteiger partial charge on any atom is -0.481 e. The number of halogens is 1. The SMILES string of the molecule is CC(C)(C)[Si](OC[C@@H](I)CCC(=O)O)(c1ccccc1)c1ccccc1. The zero-order valence-electron chi connectivity index (χ0n) is 15.6. The van der Waals surface area contributed by atoms with E-state index in [1.54, 1.807) is 0 Å². The molecule has 140 valence electrons. The molecule has 0 aliphatic carbocycles. The first-order valence-corrected chi connectivity index (χ1v) is 12.0. The molecule has 0 aromatic heterocycles. The molecule has 1 atom stereocenters. The summed E-state index contributed by atoms with van der Waals surface area (Å²) in [6, 6.07) is 21.0. The first-order chi connectivity index (χ1) is 12.3. The summed E-state index contributed by atoms with van der Waals surface area (Å²) < 4.78 is 6.97. The van der Waals surface area contributed by atoms with Gasteiger partial charge in [0.15, 0.2) is 0 Å². The largest absolute Gasteiger partial charge is 0.481 e. The number of carboxylic acid groups (broad SMARTS) is 1. The molecule has 0 heterocycles. The quantitative estimate of drug-likeness (QED) is 0.348.